The Morgan fingerprint density at radius 2 is 2.35 bits per heavy atom. The Labute approximate surface area is 100 Å². The van der Waals surface area contributed by atoms with Gasteiger partial charge in [0.05, 0.1) is 6.10 Å². The van der Waals surface area contributed by atoms with Gasteiger partial charge in [-0.25, -0.2) is 0 Å². The fourth-order valence-corrected chi connectivity index (χ4v) is 1.81. The topological polar surface area (TPSA) is 77.2 Å². The first-order chi connectivity index (χ1) is 8.22. The molecular formula is C12H17N3O2. The van der Waals surface area contributed by atoms with Crippen LogP contribution in [0.15, 0.2) is 18.3 Å². The number of hydrogen-bond donors (Lipinski definition) is 2. The highest BCUT2D eigenvalue weighted by Crippen LogP contribution is 2.22. The van der Waals surface area contributed by atoms with Gasteiger partial charge in [-0.05, 0) is 24.5 Å². The van der Waals surface area contributed by atoms with Crippen LogP contribution in [0.25, 0.3) is 0 Å². The van der Waals surface area contributed by atoms with Gasteiger partial charge in [0, 0.05) is 25.9 Å². The van der Waals surface area contributed by atoms with Crippen LogP contribution < -0.4 is 11.1 Å². The van der Waals surface area contributed by atoms with Crippen LogP contribution in [0.1, 0.15) is 28.9 Å². The Kier molecular flexibility index (Phi) is 3.71. The summed E-state index contributed by atoms with van der Waals surface area (Å²) >= 11 is 0. The lowest BCUT2D eigenvalue weighted by molar-refractivity contribution is 0.0175. The molecule has 1 aliphatic carbocycles. The molecule has 3 N–H and O–H groups in total. The molecule has 1 fully saturated rings. The number of amides is 1. The van der Waals surface area contributed by atoms with Gasteiger partial charge >= 0.3 is 0 Å². The summed E-state index contributed by atoms with van der Waals surface area (Å²) in [5.41, 5.74) is 6.82. The number of aromatic nitrogens is 1. The van der Waals surface area contributed by atoms with E-state index in [1.807, 2.05) is 6.07 Å². The molecule has 1 aromatic heterocycles. The normalized spacial score (nSPS) is 22.9. The minimum Gasteiger partial charge on any atom is -0.381 e. The van der Waals surface area contributed by atoms with E-state index >= 15 is 0 Å². The van der Waals surface area contributed by atoms with E-state index < -0.39 is 0 Å². The molecule has 0 bridgehead atoms. The quantitative estimate of drug-likeness (QED) is 0.794. The number of ether oxygens (including phenoxy) is 1. The molecular weight excluding hydrogens is 218 g/mol. The van der Waals surface area contributed by atoms with Crippen molar-refractivity contribution in [1.29, 1.82) is 0 Å². The molecule has 0 aromatic carbocycles. The fraction of sp³-hybridized carbons (Fsp3) is 0.500. The monoisotopic (exact) mass is 235 g/mol. The highest BCUT2D eigenvalue weighted by molar-refractivity contribution is 5.92. The first kappa shape index (κ1) is 12.0. The van der Waals surface area contributed by atoms with Gasteiger partial charge in [-0.1, -0.05) is 6.07 Å². The standard InChI is InChI=1S/C12H17N3O2/c1-17-10-4-9(5-10)15-12(16)11-3-2-8(6-13)7-14-11/h2-3,7,9-10H,4-6,13H2,1H3,(H,15,16). The van der Waals surface area contributed by atoms with Crippen molar-refractivity contribution in [2.75, 3.05) is 7.11 Å². The zero-order valence-electron chi connectivity index (χ0n) is 9.85. The van der Waals surface area contributed by atoms with Crippen molar-refractivity contribution in [2.45, 2.75) is 31.5 Å². The molecule has 5 nitrogen and oxygen atoms in total. The molecule has 1 heterocycles. The van der Waals surface area contributed by atoms with E-state index in [1.54, 1.807) is 19.4 Å². The number of hydrogen-bond acceptors (Lipinski definition) is 4. The summed E-state index contributed by atoms with van der Waals surface area (Å²) in [7, 11) is 1.69. The minimum atomic E-state index is -0.131. The molecule has 0 unspecified atom stereocenters. The number of carbonyl (C=O) groups is 1. The lowest BCUT2D eigenvalue weighted by atomic mass is 9.89. The summed E-state index contributed by atoms with van der Waals surface area (Å²) in [6.07, 6.45) is 3.67. The maximum Gasteiger partial charge on any atom is 0.270 e. The number of carbonyl (C=O) groups excluding carboxylic acids is 1. The molecule has 0 aliphatic heterocycles. The Hall–Kier alpha value is -1.46. The van der Waals surface area contributed by atoms with E-state index in [1.165, 1.54) is 0 Å². The second-order valence-electron chi connectivity index (χ2n) is 4.26. The predicted molar refractivity (Wildman–Crippen MR) is 63.4 cm³/mol. The average Bonchev–Trinajstić information content (AvgIpc) is 2.33. The van der Waals surface area contributed by atoms with Gasteiger partial charge in [0.25, 0.3) is 5.91 Å². The van der Waals surface area contributed by atoms with Crippen molar-refractivity contribution < 1.29 is 9.53 Å². The molecule has 17 heavy (non-hydrogen) atoms. The van der Waals surface area contributed by atoms with Crippen molar-refractivity contribution in [3.63, 3.8) is 0 Å². The number of methoxy groups -OCH3 is 1. The van der Waals surface area contributed by atoms with E-state index in [2.05, 4.69) is 10.3 Å². The van der Waals surface area contributed by atoms with Gasteiger partial charge in [-0.3, -0.25) is 9.78 Å². The molecule has 1 amide bonds. The summed E-state index contributed by atoms with van der Waals surface area (Å²) in [6, 6.07) is 3.73. The smallest absolute Gasteiger partial charge is 0.270 e. The summed E-state index contributed by atoms with van der Waals surface area (Å²) in [5, 5.41) is 2.92. The van der Waals surface area contributed by atoms with Gasteiger partial charge in [0.2, 0.25) is 0 Å². The number of rotatable bonds is 4. The maximum absolute atomic E-state index is 11.8. The van der Waals surface area contributed by atoms with Crippen LogP contribution in [0.3, 0.4) is 0 Å². The van der Waals surface area contributed by atoms with Crippen LogP contribution in [0.2, 0.25) is 0 Å². The maximum atomic E-state index is 11.8. The third-order valence-electron chi connectivity index (χ3n) is 3.06. The summed E-state index contributed by atoms with van der Waals surface area (Å²) in [4.78, 5) is 15.9. The Balaban J connectivity index is 1.87. The summed E-state index contributed by atoms with van der Waals surface area (Å²) in [5.74, 6) is -0.131. The van der Waals surface area contributed by atoms with Crippen molar-refractivity contribution in [3.05, 3.63) is 29.6 Å². The molecule has 1 aromatic rings. The molecule has 1 saturated carbocycles. The molecule has 2 rings (SSSR count). The van der Waals surface area contributed by atoms with Crippen LogP contribution in [0, 0.1) is 0 Å². The molecule has 0 atom stereocenters. The predicted octanol–water partition coefficient (Wildman–Crippen LogP) is 0.447. The average molecular weight is 235 g/mol. The molecule has 0 spiro atoms. The minimum absolute atomic E-state index is 0.131. The largest absolute Gasteiger partial charge is 0.381 e. The Morgan fingerprint density at radius 1 is 1.59 bits per heavy atom. The van der Waals surface area contributed by atoms with Gasteiger partial charge in [-0.2, -0.15) is 0 Å². The van der Waals surface area contributed by atoms with Crippen molar-refractivity contribution in [1.82, 2.24) is 10.3 Å². The SMILES string of the molecule is COC1CC(NC(=O)c2ccc(CN)cn2)C1. The first-order valence-electron chi connectivity index (χ1n) is 5.71. The Morgan fingerprint density at radius 3 is 2.88 bits per heavy atom. The van der Waals surface area contributed by atoms with Crippen LogP contribution in [-0.2, 0) is 11.3 Å². The second-order valence-corrected chi connectivity index (χ2v) is 4.26. The number of nitrogens with one attached hydrogen (secondary N) is 1. The van der Waals surface area contributed by atoms with Gasteiger partial charge in [-0.15, -0.1) is 0 Å². The van der Waals surface area contributed by atoms with Crippen LogP contribution >= 0.6 is 0 Å². The van der Waals surface area contributed by atoms with Crippen molar-refractivity contribution in [2.24, 2.45) is 5.73 Å². The number of nitrogens with zero attached hydrogens (tertiary/aromatic N) is 1. The summed E-state index contributed by atoms with van der Waals surface area (Å²) in [6.45, 7) is 0.438. The first-order valence-corrected chi connectivity index (χ1v) is 5.71. The van der Waals surface area contributed by atoms with Gasteiger partial charge < -0.3 is 15.8 Å². The lowest BCUT2D eigenvalue weighted by Gasteiger charge is -2.34. The van der Waals surface area contributed by atoms with Gasteiger partial charge in [0.1, 0.15) is 5.69 Å². The fourth-order valence-electron chi connectivity index (χ4n) is 1.81. The molecule has 0 saturated heterocycles. The van der Waals surface area contributed by atoms with E-state index in [0.29, 0.717) is 12.2 Å². The molecule has 1 aliphatic rings. The number of nitrogens with two attached hydrogens (primary N) is 1. The van der Waals surface area contributed by atoms with Crippen molar-refractivity contribution in [3.8, 4) is 0 Å². The third kappa shape index (κ3) is 2.81. The molecule has 92 valence electrons. The van der Waals surface area contributed by atoms with E-state index in [9.17, 15) is 4.79 Å². The van der Waals surface area contributed by atoms with E-state index in [-0.39, 0.29) is 18.1 Å². The highest BCUT2D eigenvalue weighted by atomic mass is 16.5. The van der Waals surface area contributed by atoms with E-state index in [0.717, 1.165) is 18.4 Å². The van der Waals surface area contributed by atoms with Crippen LogP contribution in [-0.4, -0.2) is 30.1 Å². The van der Waals surface area contributed by atoms with E-state index in [4.69, 9.17) is 10.5 Å². The number of pyridine rings is 1. The lowest BCUT2D eigenvalue weighted by Crippen LogP contribution is -2.47. The second kappa shape index (κ2) is 5.25. The van der Waals surface area contributed by atoms with Crippen LogP contribution in [0.4, 0.5) is 0 Å². The third-order valence-corrected chi connectivity index (χ3v) is 3.06. The zero-order valence-corrected chi connectivity index (χ0v) is 9.85. The summed E-state index contributed by atoms with van der Waals surface area (Å²) < 4.78 is 5.15. The Bertz CT molecular complexity index is 385. The highest BCUT2D eigenvalue weighted by Gasteiger charge is 2.30. The molecule has 0 radical (unpaired) electrons. The van der Waals surface area contributed by atoms with Crippen LogP contribution in [0.5, 0.6) is 0 Å². The van der Waals surface area contributed by atoms with Crippen molar-refractivity contribution >= 4 is 5.91 Å². The zero-order chi connectivity index (χ0) is 12.3. The molecule has 5 heteroatoms. The van der Waals surface area contributed by atoms with Gasteiger partial charge in [0.15, 0.2) is 0 Å².